The van der Waals surface area contributed by atoms with Crippen LogP contribution in [0.25, 0.3) is 0 Å². The quantitative estimate of drug-likeness (QED) is 0.819. The minimum atomic E-state index is -3.50. The number of carbonyl (C=O) groups is 1. The number of nitrogens with two attached hydrogens (primary N) is 1. The molecule has 0 bridgehead atoms. The van der Waals surface area contributed by atoms with Gasteiger partial charge in [0.1, 0.15) is 0 Å². The van der Waals surface area contributed by atoms with Crippen molar-refractivity contribution in [3.05, 3.63) is 29.8 Å². The maximum atomic E-state index is 12.9. The van der Waals surface area contributed by atoms with E-state index in [9.17, 15) is 13.2 Å². The van der Waals surface area contributed by atoms with Crippen molar-refractivity contribution in [1.82, 2.24) is 9.21 Å². The first-order chi connectivity index (χ1) is 12.2. The monoisotopic (exact) mass is 415 g/mol. The standard InChI is InChI=1S/C19H29N3O3S.ClH/c1-15-6-8-16(9-7-15)26(24,25)22-13-11-21(12-14-22)18(23)17-5-3-4-10-19(17,2)20;/h6-9,17H,3-5,10-14,20H2,1-2H3;1H. The zero-order chi connectivity index (χ0) is 18.9. The summed E-state index contributed by atoms with van der Waals surface area (Å²) in [6.45, 7) is 5.41. The Morgan fingerprint density at radius 2 is 1.70 bits per heavy atom. The van der Waals surface area contributed by atoms with E-state index in [1.54, 1.807) is 29.2 Å². The number of amides is 1. The highest BCUT2D eigenvalue weighted by Gasteiger charge is 2.41. The lowest BCUT2D eigenvalue weighted by Gasteiger charge is -2.42. The van der Waals surface area contributed by atoms with Crippen LogP contribution in [0.1, 0.15) is 38.2 Å². The van der Waals surface area contributed by atoms with E-state index < -0.39 is 15.6 Å². The van der Waals surface area contributed by atoms with Gasteiger partial charge in [0, 0.05) is 31.7 Å². The van der Waals surface area contributed by atoms with E-state index in [1.165, 1.54) is 4.31 Å². The molecule has 1 aromatic rings. The molecule has 0 aromatic heterocycles. The normalized spacial score (nSPS) is 27.1. The predicted octanol–water partition coefficient (Wildman–Crippen LogP) is 2.16. The lowest BCUT2D eigenvalue weighted by atomic mass is 9.74. The molecule has 2 aliphatic rings. The predicted molar refractivity (Wildman–Crippen MR) is 108 cm³/mol. The van der Waals surface area contributed by atoms with E-state index in [0.29, 0.717) is 31.1 Å². The van der Waals surface area contributed by atoms with E-state index >= 15 is 0 Å². The van der Waals surface area contributed by atoms with Crippen LogP contribution in [-0.4, -0.2) is 55.2 Å². The van der Waals surface area contributed by atoms with Gasteiger partial charge in [0.05, 0.1) is 10.8 Å². The van der Waals surface area contributed by atoms with Gasteiger partial charge in [-0.1, -0.05) is 30.5 Å². The summed E-state index contributed by atoms with van der Waals surface area (Å²) in [5.41, 5.74) is 6.93. The minimum absolute atomic E-state index is 0. The highest BCUT2D eigenvalue weighted by atomic mass is 35.5. The minimum Gasteiger partial charge on any atom is -0.340 e. The summed E-state index contributed by atoms with van der Waals surface area (Å²) < 4.78 is 27.0. The molecular weight excluding hydrogens is 386 g/mol. The zero-order valence-corrected chi connectivity index (χ0v) is 17.7. The fourth-order valence-electron chi connectivity index (χ4n) is 3.99. The van der Waals surface area contributed by atoms with Gasteiger partial charge < -0.3 is 10.6 Å². The molecule has 6 nitrogen and oxygen atoms in total. The van der Waals surface area contributed by atoms with Gasteiger partial charge in [0.2, 0.25) is 15.9 Å². The summed E-state index contributed by atoms with van der Waals surface area (Å²) in [4.78, 5) is 15.0. The topological polar surface area (TPSA) is 83.7 Å². The molecule has 1 saturated heterocycles. The summed E-state index contributed by atoms with van der Waals surface area (Å²) in [5.74, 6) is -0.0708. The van der Waals surface area contributed by atoms with Gasteiger partial charge in [0.25, 0.3) is 0 Å². The van der Waals surface area contributed by atoms with Crippen molar-refractivity contribution < 1.29 is 13.2 Å². The molecule has 0 spiro atoms. The van der Waals surface area contributed by atoms with Crippen molar-refractivity contribution in [3.63, 3.8) is 0 Å². The molecular formula is C19H30ClN3O3S. The molecule has 1 aliphatic heterocycles. The van der Waals surface area contributed by atoms with Crippen molar-refractivity contribution in [2.45, 2.75) is 50.0 Å². The Labute approximate surface area is 168 Å². The maximum Gasteiger partial charge on any atom is 0.243 e. The van der Waals surface area contributed by atoms with Crippen LogP contribution in [0.4, 0.5) is 0 Å². The Hall–Kier alpha value is -1.15. The number of piperazine rings is 1. The summed E-state index contributed by atoms with van der Waals surface area (Å²) in [6.07, 6.45) is 3.79. The van der Waals surface area contributed by atoms with Crippen molar-refractivity contribution >= 4 is 28.3 Å². The zero-order valence-electron chi connectivity index (χ0n) is 16.1. The smallest absolute Gasteiger partial charge is 0.243 e. The number of halogens is 1. The average molecular weight is 416 g/mol. The first kappa shape index (κ1) is 22.1. The first-order valence-corrected chi connectivity index (χ1v) is 10.8. The Morgan fingerprint density at radius 1 is 1.11 bits per heavy atom. The first-order valence-electron chi connectivity index (χ1n) is 9.36. The molecule has 1 heterocycles. The molecule has 3 rings (SSSR count). The Morgan fingerprint density at radius 3 is 2.26 bits per heavy atom. The molecule has 2 atom stereocenters. The Bertz CT molecular complexity index is 757. The molecule has 1 aliphatic carbocycles. The van der Waals surface area contributed by atoms with Gasteiger partial charge in [-0.2, -0.15) is 4.31 Å². The third kappa shape index (κ3) is 4.65. The fraction of sp³-hybridized carbons (Fsp3) is 0.632. The van der Waals surface area contributed by atoms with Crippen molar-refractivity contribution in [2.75, 3.05) is 26.2 Å². The van der Waals surface area contributed by atoms with Crippen LogP contribution in [0.5, 0.6) is 0 Å². The maximum absolute atomic E-state index is 12.9. The van der Waals surface area contributed by atoms with E-state index in [2.05, 4.69) is 0 Å². The number of benzene rings is 1. The lowest BCUT2D eigenvalue weighted by molar-refractivity contribution is -0.140. The van der Waals surface area contributed by atoms with Gasteiger partial charge in [-0.3, -0.25) is 4.79 Å². The number of aryl methyl sites for hydroxylation is 1. The Kier molecular flexibility index (Phi) is 6.95. The van der Waals surface area contributed by atoms with Crippen LogP contribution < -0.4 is 5.73 Å². The van der Waals surface area contributed by atoms with Crippen molar-refractivity contribution in [3.8, 4) is 0 Å². The van der Waals surface area contributed by atoms with Crippen LogP contribution >= 0.6 is 12.4 Å². The van der Waals surface area contributed by atoms with Gasteiger partial charge >= 0.3 is 0 Å². The summed E-state index contributed by atoms with van der Waals surface area (Å²) in [7, 11) is -3.50. The Balaban J connectivity index is 0.00000261. The number of rotatable bonds is 3. The van der Waals surface area contributed by atoms with Crippen molar-refractivity contribution in [1.29, 1.82) is 0 Å². The van der Waals surface area contributed by atoms with E-state index in [4.69, 9.17) is 5.73 Å². The molecule has 2 fully saturated rings. The number of nitrogens with zero attached hydrogens (tertiary/aromatic N) is 2. The van der Waals surface area contributed by atoms with E-state index in [1.807, 2.05) is 13.8 Å². The van der Waals surface area contributed by atoms with Gasteiger partial charge in [-0.25, -0.2) is 8.42 Å². The molecule has 8 heteroatoms. The van der Waals surface area contributed by atoms with E-state index in [0.717, 1.165) is 31.2 Å². The lowest BCUT2D eigenvalue weighted by Crippen LogP contribution is -2.57. The van der Waals surface area contributed by atoms with Crippen molar-refractivity contribution in [2.24, 2.45) is 11.7 Å². The van der Waals surface area contributed by atoms with Crippen LogP contribution in [-0.2, 0) is 14.8 Å². The second kappa shape index (κ2) is 8.47. The van der Waals surface area contributed by atoms with Gasteiger partial charge in [-0.05, 0) is 38.8 Å². The number of hydrogen-bond donors (Lipinski definition) is 1. The molecule has 2 N–H and O–H groups in total. The molecule has 1 aromatic carbocycles. The number of hydrogen-bond acceptors (Lipinski definition) is 4. The number of carbonyl (C=O) groups excluding carboxylic acids is 1. The third-order valence-electron chi connectivity index (χ3n) is 5.76. The number of sulfonamides is 1. The molecule has 27 heavy (non-hydrogen) atoms. The molecule has 1 saturated carbocycles. The molecule has 2 unspecified atom stereocenters. The largest absolute Gasteiger partial charge is 0.340 e. The second-order valence-electron chi connectivity index (χ2n) is 7.85. The van der Waals surface area contributed by atoms with Crippen LogP contribution in [0.15, 0.2) is 29.2 Å². The molecule has 0 radical (unpaired) electrons. The highest BCUT2D eigenvalue weighted by molar-refractivity contribution is 7.89. The summed E-state index contributed by atoms with van der Waals surface area (Å²) >= 11 is 0. The highest BCUT2D eigenvalue weighted by Crippen LogP contribution is 2.33. The van der Waals surface area contributed by atoms with Gasteiger partial charge in [-0.15, -0.1) is 12.4 Å². The third-order valence-corrected chi connectivity index (χ3v) is 7.67. The van der Waals surface area contributed by atoms with Crippen LogP contribution in [0.2, 0.25) is 0 Å². The second-order valence-corrected chi connectivity index (χ2v) is 9.78. The average Bonchev–Trinajstić information content (AvgIpc) is 2.61. The van der Waals surface area contributed by atoms with Crippen LogP contribution in [0, 0.1) is 12.8 Å². The van der Waals surface area contributed by atoms with E-state index in [-0.39, 0.29) is 24.2 Å². The summed E-state index contributed by atoms with van der Waals surface area (Å²) in [6, 6.07) is 6.89. The molecule has 152 valence electrons. The molecule has 1 amide bonds. The SMILES string of the molecule is Cc1ccc(S(=O)(=O)N2CCN(C(=O)C3CCCCC3(C)N)CC2)cc1.Cl. The van der Waals surface area contributed by atoms with Gasteiger partial charge in [0.15, 0.2) is 0 Å². The summed E-state index contributed by atoms with van der Waals surface area (Å²) in [5, 5.41) is 0. The van der Waals surface area contributed by atoms with Crippen LogP contribution in [0.3, 0.4) is 0 Å². The fourth-order valence-corrected chi connectivity index (χ4v) is 5.41.